The van der Waals surface area contributed by atoms with Crippen LogP contribution in [-0.4, -0.2) is 29.6 Å². The number of anilines is 1. The first-order valence-electron chi connectivity index (χ1n) is 11.4. The molecule has 0 fully saturated rings. The van der Waals surface area contributed by atoms with Gasteiger partial charge in [0.25, 0.3) is 5.91 Å². The molecule has 3 atom stereocenters. The van der Waals surface area contributed by atoms with Crippen LogP contribution >= 0.6 is 0 Å². The Balaban J connectivity index is 2.02. The van der Waals surface area contributed by atoms with Gasteiger partial charge in [-0.3, -0.25) is 14.4 Å². The number of nitrogens with zero attached hydrogens (tertiary/aromatic N) is 1. The molecule has 0 aromatic heterocycles. The van der Waals surface area contributed by atoms with Crippen molar-refractivity contribution in [3.63, 3.8) is 0 Å². The summed E-state index contributed by atoms with van der Waals surface area (Å²) in [5, 5.41) is 5.66. The highest BCUT2D eigenvalue weighted by atomic mass is 16.2. The number of aliphatic imine (C=N–C) groups is 1. The summed E-state index contributed by atoms with van der Waals surface area (Å²) >= 11 is 0. The van der Waals surface area contributed by atoms with Gasteiger partial charge in [-0.15, -0.1) is 6.58 Å². The van der Waals surface area contributed by atoms with Crippen molar-refractivity contribution in [1.82, 2.24) is 5.32 Å². The molecule has 1 aliphatic heterocycles. The molecule has 3 rings (SSSR count). The zero-order valence-electron chi connectivity index (χ0n) is 19.9. The van der Waals surface area contributed by atoms with Crippen molar-refractivity contribution in [2.75, 3.05) is 5.32 Å². The third-order valence-electron chi connectivity index (χ3n) is 6.20. The number of carbonyl (C=O) groups is 3. The lowest BCUT2D eigenvalue weighted by Gasteiger charge is -2.34. The normalized spacial score (nSPS) is 17.9. The van der Waals surface area contributed by atoms with E-state index in [-0.39, 0.29) is 12.3 Å². The minimum atomic E-state index is -1.18. The average molecular weight is 461 g/mol. The molecule has 1 heterocycles. The van der Waals surface area contributed by atoms with Crippen LogP contribution in [0, 0.1) is 17.3 Å². The van der Waals surface area contributed by atoms with Crippen molar-refractivity contribution in [3.05, 3.63) is 78.4 Å². The molecule has 0 saturated carbocycles. The predicted octanol–water partition coefficient (Wildman–Crippen LogP) is 3.65. The molecule has 7 nitrogen and oxygen atoms in total. The Morgan fingerprint density at radius 3 is 2.44 bits per heavy atom. The zero-order chi connectivity index (χ0) is 24.9. The summed E-state index contributed by atoms with van der Waals surface area (Å²) in [5.41, 5.74) is 7.36. The number of nitrogens with one attached hydrogen (secondary N) is 2. The number of fused-ring (bicyclic) bond motifs is 1. The van der Waals surface area contributed by atoms with Gasteiger partial charge in [-0.25, -0.2) is 4.99 Å². The monoisotopic (exact) mass is 460 g/mol. The summed E-state index contributed by atoms with van der Waals surface area (Å²) < 4.78 is 0. The molecule has 4 N–H and O–H groups in total. The minimum Gasteiger partial charge on any atom is -0.369 e. The molecular formula is C27H32N4O3. The van der Waals surface area contributed by atoms with E-state index in [2.05, 4.69) is 22.2 Å². The second kappa shape index (κ2) is 10.5. The standard InChI is InChI=1S/C27H32N4O3/c1-5-15-27(4,26(28)34)20(16-17(2)3)24(32)31-23-25(33)29-21-14-10-9-13-19(21)22(30-23)18-11-7-6-8-12-18/h5-14,17,20,23H,1,15-16H2,2-4H3,(H2,28,34)(H,29,33)(H,31,32)/t20-,23+,27+/m0/s1. The molecule has 34 heavy (non-hydrogen) atoms. The summed E-state index contributed by atoms with van der Waals surface area (Å²) in [6.07, 6.45) is 1.08. The first kappa shape index (κ1) is 24.9. The molecule has 7 heteroatoms. The van der Waals surface area contributed by atoms with Crippen LogP contribution in [0.4, 0.5) is 5.69 Å². The fourth-order valence-electron chi connectivity index (χ4n) is 4.26. The zero-order valence-corrected chi connectivity index (χ0v) is 19.9. The Hall–Kier alpha value is -3.74. The van der Waals surface area contributed by atoms with Crippen LogP contribution < -0.4 is 16.4 Å². The number of hydrogen-bond donors (Lipinski definition) is 3. The molecule has 0 radical (unpaired) electrons. The fraction of sp³-hybridized carbons (Fsp3) is 0.333. The smallest absolute Gasteiger partial charge is 0.269 e. The van der Waals surface area contributed by atoms with Crippen LogP contribution in [-0.2, 0) is 14.4 Å². The van der Waals surface area contributed by atoms with Crippen molar-refractivity contribution in [3.8, 4) is 0 Å². The second-order valence-electron chi connectivity index (χ2n) is 9.25. The first-order valence-corrected chi connectivity index (χ1v) is 11.4. The van der Waals surface area contributed by atoms with Gasteiger partial charge in [0.05, 0.1) is 22.7 Å². The summed E-state index contributed by atoms with van der Waals surface area (Å²) in [6.45, 7) is 9.34. The minimum absolute atomic E-state index is 0.120. The Kier molecular flexibility index (Phi) is 7.66. The number of nitrogens with two attached hydrogens (primary N) is 1. The summed E-state index contributed by atoms with van der Waals surface area (Å²) in [6, 6.07) is 16.9. The van der Waals surface area contributed by atoms with E-state index in [1.807, 2.05) is 62.4 Å². The largest absolute Gasteiger partial charge is 0.369 e. The van der Waals surface area contributed by atoms with Crippen molar-refractivity contribution < 1.29 is 14.4 Å². The van der Waals surface area contributed by atoms with Crippen LogP contribution in [0.15, 0.2) is 72.2 Å². The number of primary amides is 1. The Morgan fingerprint density at radius 1 is 1.18 bits per heavy atom. The van der Waals surface area contributed by atoms with Crippen molar-refractivity contribution >= 4 is 29.1 Å². The predicted molar refractivity (Wildman–Crippen MR) is 134 cm³/mol. The number of amides is 3. The van der Waals surface area contributed by atoms with E-state index in [1.54, 1.807) is 19.1 Å². The molecule has 1 aliphatic rings. The van der Waals surface area contributed by atoms with Gasteiger partial charge >= 0.3 is 0 Å². The van der Waals surface area contributed by atoms with Gasteiger partial charge in [0.1, 0.15) is 0 Å². The van der Waals surface area contributed by atoms with Crippen LogP contribution in [0.3, 0.4) is 0 Å². The van der Waals surface area contributed by atoms with Crippen LogP contribution in [0.5, 0.6) is 0 Å². The number of para-hydroxylation sites is 1. The van der Waals surface area contributed by atoms with Gasteiger partial charge in [0, 0.05) is 11.1 Å². The number of hydrogen-bond acceptors (Lipinski definition) is 4. The number of allylic oxidation sites excluding steroid dienone is 1. The topological polar surface area (TPSA) is 114 Å². The summed E-state index contributed by atoms with van der Waals surface area (Å²) in [5.74, 6) is -2.12. The molecule has 0 aliphatic carbocycles. The number of carbonyl (C=O) groups excluding carboxylic acids is 3. The maximum absolute atomic E-state index is 13.5. The lowest BCUT2D eigenvalue weighted by molar-refractivity contribution is -0.141. The SMILES string of the molecule is C=CC[C@@](C)(C(N)=O)[C@@H](CC(C)C)C(=O)N[C@H]1N=C(c2ccccc2)c2ccccc2NC1=O. The van der Waals surface area contributed by atoms with Crippen molar-refractivity contribution in [1.29, 1.82) is 0 Å². The molecule has 0 bridgehead atoms. The third kappa shape index (κ3) is 5.25. The highest BCUT2D eigenvalue weighted by Crippen LogP contribution is 2.36. The van der Waals surface area contributed by atoms with Gasteiger partial charge in [0.15, 0.2) is 0 Å². The van der Waals surface area contributed by atoms with E-state index >= 15 is 0 Å². The summed E-state index contributed by atoms with van der Waals surface area (Å²) in [7, 11) is 0. The second-order valence-corrected chi connectivity index (χ2v) is 9.25. The van der Waals surface area contributed by atoms with Crippen molar-refractivity contribution in [2.24, 2.45) is 28.0 Å². The van der Waals surface area contributed by atoms with Gasteiger partial charge in [-0.05, 0) is 31.7 Å². The van der Waals surface area contributed by atoms with Gasteiger partial charge in [-0.1, -0.05) is 68.5 Å². The van der Waals surface area contributed by atoms with Gasteiger partial charge in [0.2, 0.25) is 18.0 Å². The molecule has 0 unspecified atom stereocenters. The van der Waals surface area contributed by atoms with Crippen LogP contribution in [0.1, 0.15) is 44.7 Å². The molecular weight excluding hydrogens is 428 g/mol. The Bertz CT molecular complexity index is 1110. The van der Waals surface area contributed by atoms with E-state index in [9.17, 15) is 14.4 Å². The highest BCUT2D eigenvalue weighted by molar-refractivity contribution is 6.19. The number of rotatable bonds is 9. The molecule has 0 saturated heterocycles. The van der Waals surface area contributed by atoms with E-state index in [4.69, 9.17) is 5.73 Å². The quantitative estimate of drug-likeness (QED) is 0.496. The molecule has 3 amide bonds. The highest BCUT2D eigenvalue weighted by Gasteiger charge is 2.44. The maximum Gasteiger partial charge on any atom is 0.269 e. The van der Waals surface area contributed by atoms with E-state index in [0.29, 0.717) is 17.8 Å². The van der Waals surface area contributed by atoms with Crippen LogP contribution in [0.25, 0.3) is 0 Å². The Morgan fingerprint density at radius 2 is 1.82 bits per heavy atom. The van der Waals surface area contributed by atoms with E-state index < -0.39 is 35.2 Å². The number of benzene rings is 2. The Labute approximate surface area is 200 Å². The molecule has 2 aromatic carbocycles. The maximum atomic E-state index is 13.5. The fourth-order valence-corrected chi connectivity index (χ4v) is 4.26. The van der Waals surface area contributed by atoms with E-state index in [0.717, 1.165) is 11.1 Å². The molecule has 0 spiro atoms. The van der Waals surface area contributed by atoms with Crippen molar-refractivity contribution in [2.45, 2.75) is 39.8 Å². The van der Waals surface area contributed by atoms with E-state index in [1.165, 1.54) is 0 Å². The lowest BCUT2D eigenvalue weighted by Crippen LogP contribution is -2.52. The van der Waals surface area contributed by atoms with Gasteiger partial charge in [-0.2, -0.15) is 0 Å². The lowest BCUT2D eigenvalue weighted by atomic mass is 9.70. The van der Waals surface area contributed by atoms with Gasteiger partial charge < -0.3 is 16.4 Å². The first-order chi connectivity index (χ1) is 16.2. The molecule has 2 aromatic rings. The summed E-state index contributed by atoms with van der Waals surface area (Å²) in [4.78, 5) is 43.7. The third-order valence-corrected chi connectivity index (χ3v) is 6.20. The average Bonchev–Trinajstić information content (AvgIpc) is 2.94. The molecule has 178 valence electrons. The van der Waals surface area contributed by atoms with Crippen LogP contribution in [0.2, 0.25) is 0 Å². The number of benzodiazepines with no additional fused rings is 1.